The molecule has 0 bridgehead atoms. The minimum atomic E-state index is -0.0105. The topological polar surface area (TPSA) is 64.3 Å². The van der Waals surface area contributed by atoms with E-state index in [2.05, 4.69) is 76.7 Å². The van der Waals surface area contributed by atoms with Crippen molar-refractivity contribution >= 4 is 46.0 Å². The van der Waals surface area contributed by atoms with Crippen LogP contribution in [-0.2, 0) is 17.8 Å². The largest absolute Gasteiger partial charge is 0.326 e. The molecule has 2 N–H and O–H groups in total. The molecule has 4 rings (SSSR count). The summed E-state index contributed by atoms with van der Waals surface area (Å²) in [5, 5.41) is 13.7. The molecule has 2 aromatic carbocycles. The molecule has 0 aliphatic heterocycles. The molecule has 0 radical (unpaired) electrons. The maximum Gasteiger partial charge on any atom is 0.229 e. The van der Waals surface area contributed by atoms with Gasteiger partial charge >= 0.3 is 0 Å². The number of rotatable bonds is 11. The number of benzene rings is 2. The normalized spacial score (nSPS) is 11.8. The lowest BCUT2D eigenvalue weighted by atomic mass is 10.1. The average Bonchev–Trinajstić information content (AvgIpc) is 3.51. The Labute approximate surface area is 217 Å². The third kappa shape index (κ3) is 6.91. The summed E-state index contributed by atoms with van der Waals surface area (Å²) in [5.41, 5.74) is 6.05. The minimum Gasteiger partial charge on any atom is -0.326 e. The highest BCUT2D eigenvalue weighted by Crippen LogP contribution is 2.26. The molecule has 6 nitrogen and oxygen atoms in total. The van der Waals surface area contributed by atoms with Gasteiger partial charge in [-0.1, -0.05) is 43.3 Å². The summed E-state index contributed by atoms with van der Waals surface area (Å²) in [6, 6.07) is 16.6. The number of nitrogens with one attached hydrogen (secondary N) is 2. The molecule has 0 aliphatic rings. The van der Waals surface area contributed by atoms with Gasteiger partial charge in [0.15, 0.2) is 0 Å². The fraction of sp³-hybridized carbons (Fsp3) is 0.310. The van der Waals surface area contributed by atoms with E-state index in [1.807, 2.05) is 42.6 Å². The van der Waals surface area contributed by atoms with Crippen molar-refractivity contribution < 1.29 is 4.79 Å². The van der Waals surface area contributed by atoms with Crippen molar-refractivity contribution in [3.8, 4) is 0 Å². The second-order valence-electron chi connectivity index (χ2n) is 9.34. The predicted octanol–water partition coefficient (Wildman–Crippen LogP) is 5.67. The van der Waals surface area contributed by atoms with Gasteiger partial charge in [-0.15, -0.1) is 11.3 Å². The quantitative estimate of drug-likeness (QED) is 0.278. The highest BCUT2D eigenvalue weighted by Gasteiger charge is 2.11. The predicted molar refractivity (Wildman–Crippen MR) is 152 cm³/mol. The van der Waals surface area contributed by atoms with Crippen LogP contribution in [0.4, 0.5) is 5.69 Å². The molecule has 4 aromatic rings. The van der Waals surface area contributed by atoms with Gasteiger partial charge in [0.2, 0.25) is 5.91 Å². The van der Waals surface area contributed by atoms with Crippen LogP contribution in [0, 0.1) is 6.92 Å². The number of carbonyl (C=O) groups excluding carboxylic acids is 1. The van der Waals surface area contributed by atoms with E-state index in [4.69, 9.17) is 0 Å². The second kappa shape index (κ2) is 12.1. The minimum absolute atomic E-state index is 0.0105. The van der Waals surface area contributed by atoms with Crippen molar-refractivity contribution in [3.63, 3.8) is 0 Å². The van der Waals surface area contributed by atoms with Crippen molar-refractivity contribution in [1.29, 1.82) is 0 Å². The number of hydrogen-bond acceptors (Lipinski definition) is 5. The molecule has 0 fully saturated rings. The van der Waals surface area contributed by atoms with Crippen LogP contribution in [0.15, 0.2) is 53.9 Å². The van der Waals surface area contributed by atoms with Gasteiger partial charge in [-0.3, -0.25) is 9.89 Å². The SMILES string of the molecule is CCN(C)CCN(C)Cc1cccc(/C=C/c2n[nH]c3cc(C)c(NC(=O)Cc4cccs4)cc23)c1. The Kier molecular flexibility index (Phi) is 8.70. The van der Waals surface area contributed by atoms with Crippen LogP contribution in [0.25, 0.3) is 23.1 Å². The molecule has 0 aliphatic carbocycles. The Bertz CT molecular complexity index is 1320. The van der Waals surface area contributed by atoms with Crippen molar-refractivity contribution in [2.75, 3.05) is 39.0 Å². The molecule has 36 heavy (non-hydrogen) atoms. The number of thiophene rings is 1. The number of fused-ring (bicyclic) bond motifs is 1. The number of amides is 1. The number of hydrogen-bond donors (Lipinski definition) is 2. The van der Waals surface area contributed by atoms with Crippen LogP contribution in [0.3, 0.4) is 0 Å². The third-order valence-electron chi connectivity index (χ3n) is 6.37. The number of H-pyrrole nitrogens is 1. The molecule has 0 atom stereocenters. The first-order valence-corrected chi connectivity index (χ1v) is 13.2. The Hall–Kier alpha value is -3.26. The number of likely N-dealkylation sites (N-methyl/N-ethyl adjacent to an activating group) is 2. The van der Waals surface area contributed by atoms with E-state index in [9.17, 15) is 4.79 Å². The zero-order chi connectivity index (χ0) is 25.5. The van der Waals surface area contributed by atoms with Gasteiger partial charge in [0.25, 0.3) is 0 Å². The highest BCUT2D eigenvalue weighted by atomic mass is 32.1. The van der Waals surface area contributed by atoms with Crippen molar-refractivity contribution in [2.45, 2.75) is 26.8 Å². The van der Waals surface area contributed by atoms with Crippen molar-refractivity contribution in [2.24, 2.45) is 0 Å². The Morgan fingerprint density at radius 2 is 1.92 bits per heavy atom. The van der Waals surface area contributed by atoms with Gasteiger partial charge < -0.3 is 15.1 Å². The van der Waals surface area contributed by atoms with E-state index < -0.39 is 0 Å². The fourth-order valence-electron chi connectivity index (χ4n) is 4.08. The summed E-state index contributed by atoms with van der Waals surface area (Å²) < 4.78 is 0. The summed E-state index contributed by atoms with van der Waals surface area (Å²) in [4.78, 5) is 18.3. The number of carbonyl (C=O) groups is 1. The van der Waals surface area contributed by atoms with E-state index in [1.54, 1.807) is 11.3 Å². The Balaban J connectivity index is 1.45. The van der Waals surface area contributed by atoms with E-state index in [0.717, 1.165) is 64.5 Å². The molecule has 188 valence electrons. The zero-order valence-electron chi connectivity index (χ0n) is 21.5. The van der Waals surface area contributed by atoms with Crippen LogP contribution in [0.5, 0.6) is 0 Å². The van der Waals surface area contributed by atoms with Crippen LogP contribution < -0.4 is 5.32 Å². The van der Waals surface area contributed by atoms with E-state index in [1.165, 1.54) is 5.56 Å². The molecule has 0 unspecified atom stereocenters. The lowest BCUT2D eigenvalue weighted by Gasteiger charge is -2.21. The van der Waals surface area contributed by atoms with Gasteiger partial charge in [-0.05, 0) is 73.9 Å². The second-order valence-corrected chi connectivity index (χ2v) is 10.4. The van der Waals surface area contributed by atoms with Gasteiger partial charge in [0.05, 0.1) is 17.6 Å². The summed E-state index contributed by atoms with van der Waals surface area (Å²) in [6.45, 7) is 8.27. The molecule has 2 heterocycles. The lowest BCUT2D eigenvalue weighted by molar-refractivity contribution is -0.115. The molecule has 7 heteroatoms. The van der Waals surface area contributed by atoms with Gasteiger partial charge in [0, 0.05) is 35.6 Å². The molecule has 0 saturated heterocycles. The van der Waals surface area contributed by atoms with E-state index >= 15 is 0 Å². The summed E-state index contributed by atoms with van der Waals surface area (Å²) in [6.07, 6.45) is 4.51. The summed E-state index contributed by atoms with van der Waals surface area (Å²) in [7, 11) is 4.32. The Morgan fingerprint density at radius 3 is 2.69 bits per heavy atom. The van der Waals surface area contributed by atoms with Crippen LogP contribution in [-0.4, -0.2) is 59.6 Å². The summed E-state index contributed by atoms with van der Waals surface area (Å²) in [5.74, 6) is -0.0105. The molecular weight excluding hydrogens is 466 g/mol. The fourth-order valence-corrected chi connectivity index (χ4v) is 4.78. The van der Waals surface area contributed by atoms with Crippen LogP contribution in [0.2, 0.25) is 0 Å². The van der Waals surface area contributed by atoms with E-state index in [0.29, 0.717) is 6.42 Å². The highest BCUT2D eigenvalue weighted by molar-refractivity contribution is 7.10. The average molecular weight is 502 g/mol. The summed E-state index contributed by atoms with van der Waals surface area (Å²) >= 11 is 1.60. The maximum atomic E-state index is 12.6. The Morgan fingerprint density at radius 1 is 1.08 bits per heavy atom. The lowest BCUT2D eigenvalue weighted by Crippen LogP contribution is -2.30. The van der Waals surface area contributed by atoms with Crippen LogP contribution in [0.1, 0.15) is 34.2 Å². The smallest absolute Gasteiger partial charge is 0.229 e. The van der Waals surface area contributed by atoms with Crippen molar-refractivity contribution in [3.05, 3.63) is 81.2 Å². The molecule has 0 spiro atoms. The van der Waals surface area contributed by atoms with Gasteiger partial charge in [0.1, 0.15) is 0 Å². The number of nitrogens with zero attached hydrogens (tertiary/aromatic N) is 3. The van der Waals surface area contributed by atoms with Gasteiger partial charge in [-0.2, -0.15) is 5.10 Å². The molecular formula is C29H35N5OS. The van der Waals surface area contributed by atoms with Crippen LogP contribution >= 0.6 is 11.3 Å². The van der Waals surface area contributed by atoms with E-state index in [-0.39, 0.29) is 5.91 Å². The monoisotopic (exact) mass is 501 g/mol. The number of aromatic amines is 1. The first-order valence-electron chi connectivity index (χ1n) is 12.4. The zero-order valence-corrected chi connectivity index (χ0v) is 22.4. The number of aromatic nitrogens is 2. The first-order chi connectivity index (χ1) is 17.4. The first kappa shape index (κ1) is 25.8. The standard InChI is InChI=1S/C29H35N5OS/c1-5-33(3)13-14-34(4)20-23-9-6-8-22(17-23)11-12-26-25-19-27(21(2)16-28(25)32-31-26)30-29(35)18-24-10-7-15-36-24/h6-12,15-17,19H,5,13-14,18,20H2,1-4H3,(H,30,35)(H,31,32)/b12-11+. The maximum absolute atomic E-state index is 12.6. The van der Waals surface area contributed by atoms with Gasteiger partial charge in [-0.25, -0.2) is 0 Å². The number of anilines is 1. The molecule has 1 amide bonds. The molecule has 0 saturated carbocycles. The number of aryl methyl sites for hydroxylation is 1. The van der Waals surface area contributed by atoms with Crippen molar-refractivity contribution in [1.82, 2.24) is 20.0 Å². The molecule has 2 aromatic heterocycles. The third-order valence-corrected chi connectivity index (χ3v) is 7.24.